The van der Waals surface area contributed by atoms with Gasteiger partial charge in [0.15, 0.2) is 11.6 Å². The number of amides is 1. The van der Waals surface area contributed by atoms with Gasteiger partial charge in [0, 0.05) is 12.4 Å². The number of carbonyl (C=O) groups is 1. The van der Waals surface area contributed by atoms with E-state index in [-0.39, 0.29) is 5.56 Å². The fraction of sp³-hybridized carbons (Fsp3) is 0.238. The van der Waals surface area contributed by atoms with Crippen LogP contribution < -0.4 is 5.48 Å². The Balaban J connectivity index is 1.87. The van der Waals surface area contributed by atoms with Gasteiger partial charge in [-0.3, -0.25) is 14.7 Å². The van der Waals surface area contributed by atoms with Crippen LogP contribution in [0.1, 0.15) is 29.5 Å². The molecule has 0 bridgehead atoms. The number of hydrogen-bond donors (Lipinski definition) is 2. The number of nitrogens with zero attached hydrogens (tertiary/aromatic N) is 2. The van der Waals surface area contributed by atoms with Crippen molar-refractivity contribution >= 4 is 22.4 Å². The molecule has 4 rings (SSSR count). The summed E-state index contributed by atoms with van der Waals surface area (Å²) >= 11 is 0. The minimum Gasteiger partial charge on any atom is -0.289 e. The molecule has 0 radical (unpaired) electrons. The van der Waals surface area contributed by atoms with E-state index in [2.05, 4.69) is 5.10 Å². The summed E-state index contributed by atoms with van der Waals surface area (Å²) in [5.74, 6) is -2.62. The summed E-state index contributed by atoms with van der Waals surface area (Å²) in [6.07, 6.45) is 4.41. The number of rotatable bonds is 3. The Morgan fingerprint density at radius 2 is 2.07 bits per heavy atom. The summed E-state index contributed by atoms with van der Waals surface area (Å²) in [5, 5.41) is 14.6. The van der Waals surface area contributed by atoms with Crippen LogP contribution in [0.2, 0.25) is 0 Å². The van der Waals surface area contributed by atoms with Crippen LogP contribution in [0.25, 0.3) is 16.5 Å². The Labute approximate surface area is 160 Å². The van der Waals surface area contributed by atoms with Crippen molar-refractivity contribution in [1.82, 2.24) is 15.3 Å². The number of aryl methyl sites for hydroxylation is 1. The van der Waals surface area contributed by atoms with Gasteiger partial charge in [-0.25, -0.2) is 14.3 Å². The SMILES string of the molecule is Cc1c(C2(C(=O)NO)C=C(c3ccc4cnn(C)c4c3)CC2)ccc(F)c1F. The first-order chi connectivity index (χ1) is 13.4. The van der Waals surface area contributed by atoms with Crippen LogP contribution in [0.3, 0.4) is 0 Å². The lowest BCUT2D eigenvalue weighted by Crippen LogP contribution is -2.41. The molecule has 2 N–H and O–H groups in total. The minimum atomic E-state index is -1.27. The van der Waals surface area contributed by atoms with Gasteiger partial charge in [-0.2, -0.15) is 5.10 Å². The lowest BCUT2D eigenvalue weighted by atomic mass is 9.77. The molecule has 7 heteroatoms. The van der Waals surface area contributed by atoms with E-state index in [4.69, 9.17) is 0 Å². The molecule has 1 unspecified atom stereocenters. The van der Waals surface area contributed by atoms with E-state index in [9.17, 15) is 18.8 Å². The van der Waals surface area contributed by atoms with Crippen LogP contribution in [-0.2, 0) is 17.3 Å². The van der Waals surface area contributed by atoms with E-state index in [1.807, 2.05) is 25.2 Å². The molecule has 5 nitrogen and oxygen atoms in total. The standard InChI is InChI=1S/C21H19F2N3O2/c1-12-16(5-6-17(22)19(12)23)21(20(27)25-28)8-7-14(10-21)13-3-4-15-11-24-26(2)18(15)9-13/h3-6,9-11,28H,7-8H2,1-2H3,(H,25,27). The molecule has 3 aromatic rings. The lowest BCUT2D eigenvalue weighted by Gasteiger charge is -2.27. The number of hydroxylamine groups is 1. The van der Waals surface area contributed by atoms with E-state index in [0.29, 0.717) is 18.4 Å². The highest BCUT2D eigenvalue weighted by molar-refractivity contribution is 5.95. The van der Waals surface area contributed by atoms with Crippen molar-refractivity contribution in [3.05, 3.63) is 70.9 Å². The smallest absolute Gasteiger partial charge is 0.257 e. The summed E-state index contributed by atoms with van der Waals surface area (Å²) in [7, 11) is 1.85. The van der Waals surface area contributed by atoms with Gasteiger partial charge in [0.25, 0.3) is 5.91 Å². The molecule has 28 heavy (non-hydrogen) atoms. The monoisotopic (exact) mass is 383 g/mol. The molecule has 1 aliphatic rings. The van der Waals surface area contributed by atoms with E-state index in [0.717, 1.165) is 28.1 Å². The molecule has 0 aliphatic heterocycles. The highest BCUT2D eigenvalue weighted by atomic mass is 19.2. The van der Waals surface area contributed by atoms with Crippen molar-refractivity contribution in [2.24, 2.45) is 7.05 Å². The highest BCUT2D eigenvalue weighted by Crippen LogP contribution is 2.45. The number of aromatic nitrogens is 2. The fourth-order valence-electron chi connectivity index (χ4n) is 4.09. The number of hydrogen-bond acceptors (Lipinski definition) is 3. The minimum absolute atomic E-state index is 0.0585. The third kappa shape index (κ3) is 2.62. The Kier molecular flexibility index (Phi) is 4.27. The normalized spacial score (nSPS) is 19.1. The van der Waals surface area contributed by atoms with Gasteiger partial charge in [0.2, 0.25) is 0 Å². The quantitative estimate of drug-likeness (QED) is 0.534. The molecule has 0 spiro atoms. The predicted octanol–water partition coefficient (Wildman–Crippen LogP) is 3.78. The molecule has 1 heterocycles. The lowest BCUT2D eigenvalue weighted by molar-refractivity contribution is -0.133. The van der Waals surface area contributed by atoms with E-state index >= 15 is 0 Å². The van der Waals surface area contributed by atoms with Gasteiger partial charge in [0.05, 0.1) is 17.1 Å². The fourth-order valence-corrected chi connectivity index (χ4v) is 4.09. The van der Waals surface area contributed by atoms with Gasteiger partial charge in [-0.15, -0.1) is 0 Å². The van der Waals surface area contributed by atoms with Crippen LogP contribution in [0.4, 0.5) is 8.78 Å². The Morgan fingerprint density at radius 1 is 1.29 bits per heavy atom. The molecule has 1 aromatic heterocycles. The predicted molar refractivity (Wildman–Crippen MR) is 101 cm³/mol. The maximum Gasteiger partial charge on any atom is 0.257 e. The summed E-state index contributed by atoms with van der Waals surface area (Å²) < 4.78 is 29.6. The molecule has 2 aromatic carbocycles. The summed E-state index contributed by atoms with van der Waals surface area (Å²) in [6.45, 7) is 1.44. The van der Waals surface area contributed by atoms with Crippen LogP contribution in [-0.4, -0.2) is 20.9 Å². The number of nitrogens with one attached hydrogen (secondary N) is 1. The van der Waals surface area contributed by atoms with Crippen molar-refractivity contribution in [1.29, 1.82) is 0 Å². The highest BCUT2D eigenvalue weighted by Gasteiger charge is 2.43. The second-order valence-electron chi connectivity index (χ2n) is 7.16. The van der Waals surface area contributed by atoms with Gasteiger partial charge in [-0.05, 0) is 54.2 Å². The summed E-state index contributed by atoms with van der Waals surface area (Å²) in [5.41, 5.74) is 3.60. The molecule has 0 saturated heterocycles. The van der Waals surface area contributed by atoms with Crippen LogP contribution in [0, 0.1) is 18.6 Å². The molecular formula is C21H19F2N3O2. The molecule has 144 valence electrons. The molecule has 0 fully saturated rings. The Morgan fingerprint density at radius 3 is 2.82 bits per heavy atom. The average molecular weight is 383 g/mol. The molecule has 1 atom stereocenters. The Hall–Kier alpha value is -3.06. The largest absolute Gasteiger partial charge is 0.289 e. The maximum absolute atomic E-state index is 14.2. The van der Waals surface area contributed by atoms with E-state index < -0.39 is 23.0 Å². The van der Waals surface area contributed by atoms with E-state index in [1.54, 1.807) is 22.4 Å². The zero-order valence-corrected chi connectivity index (χ0v) is 15.5. The summed E-state index contributed by atoms with van der Waals surface area (Å²) in [4.78, 5) is 12.7. The van der Waals surface area contributed by atoms with Crippen molar-refractivity contribution in [2.45, 2.75) is 25.2 Å². The van der Waals surface area contributed by atoms with Crippen molar-refractivity contribution in [3.63, 3.8) is 0 Å². The average Bonchev–Trinajstić information content (AvgIpc) is 3.30. The number of benzene rings is 2. The van der Waals surface area contributed by atoms with Crippen molar-refractivity contribution in [2.75, 3.05) is 0 Å². The second-order valence-corrected chi connectivity index (χ2v) is 7.16. The van der Waals surface area contributed by atoms with Gasteiger partial charge in [0.1, 0.15) is 0 Å². The van der Waals surface area contributed by atoms with Crippen molar-refractivity contribution < 1.29 is 18.8 Å². The van der Waals surface area contributed by atoms with Crippen LogP contribution in [0.5, 0.6) is 0 Å². The number of halogens is 2. The summed E-state index contributed by atoms with van der Waals surface area (Å²) in [6, 6.07) is 8.30. The third-order valence-electron chi connectivity index (χ3n) is 5.66. The second kappa shape index (κ2) is 6.53. The first kappa shape index (κ1) is 18.3. The maximum atomic E-state index is 14.2. The zero-order valence-electron chi connectivity index (χ0n) is 15.5. The van der Waals surface area contributed by atoms with Crippen molar-refractivity contribution in [3.8, 4) is 0 Å². The Bertz CT molecular complexity index is 1140. The van der Waals surface area contributed by atoms with Gasteiger partial charge >= 0.3 is 0 Å². The number of allylic oxidation sites excluding steroid dienone is 1. The zero-order chi connectivity index (χ0) is 20.1. The first-order valence-electron chi connectivity index (χ1n) is 8.91. The molecule has 0 saturated carbocycles. The number of carbonyl (C=O) groups excluding carboxylic acids is 1. The molecular weight excluding hydrogens is 364 g/mol. The molecule has 1 amide bonds. The topological polar surface area (TPSA) is 67.2 Å². The van der Waals surface area contributed by atoms with E-state index in [1.165, 1.54) is 13.0 Å². The third-order valence-corrected chi connectivity index (χ3v) is 5.66. The van der Waals surface area contributed by atoms with Gasteiger partial charge < -0.3 is 0 Å². The van der Waals surface area contributed by atoms with Crippen LogP contribution in [0.15, 0.2) is 42.6 Å². The number of fused-ring (bicyclic) bond motifs is 1. The first-order valence-corrected chi connectivity index (χ1v) is 8.91. The molecule has 1 aliphatic carbocycles. The van der Waals surface area contributed by atoms with Crippen LogP contribution >= 0.6 is 0 Å². The van der Waals surface area contributed by atoms with Gasteiger partial charge in [-0.1, -0.05) is 24.3 Å².